The van der Waals surface area contributed by atoms with Crippen molar-refractivity contribution in [1.29, 1.82) is 0 Å². The van der Waals surface area contributed by atoms with Crippen LogP contribution in [0.5, 0.6) is 0 Å². The molecule has 136 valence electrons. The average Bonchev–Trinajstić information content (AvgIpc) is 2.63. The molecular weight excluding hydrogens is 300 g/mol. The highest BCUT2D eigenvalue weighted by atomic mass is 16.5. The van der Waals surface area contributed by atoms with Crippen molar-refractivity contribution in [3.8, 4) is 0 Å². The summed E-state index contributed by atoms with van der Waals surface area (Å²) in [5, 5.41) is 22.8. The van der Waals surface area contributed by atoms with Crippen LogP contribution in [0.4, 0.5) is 0 Å². The van der Waals surface area contributed by atoms with Crippen LogP contribution in [-0.4, -0.2) is 34.6 Å². The van der Waals surface area contributed by atoms with E-state index in [0.29, 0.717) is 11.8 Å². The fraction of sp³-hybridized carbons (Fsp3) is 0.905. The van der Waals surface area contributed by atoms with Gasteiger partial charge >= 0.3 is 0 Å². The summed E-state index contributed by atoms with van der Waals surface area (Å²) in [6, 6.07) is 0. The first kappa shape index (κ1) is 17.1. The molecule has 3 aliphatic carbocycles. The fourth-order valence-electron chi connectivity index (χ4n) is 6.85. The van der Waals surface area contributed by atoms with Crippen LogP contribution in [0.1, 0.15) is 66.2 Å². The second kappa shape index (κ2) is 5.56. The molecule has 0 aromatic rings. The zero-order valence-electron chi connectivity index (χ0n) is 15.7. The largest absolute Gasteiger partial charge is 0.392 e. The minimum absolute atomic E-state index is 0.103. The van der Waals surface area contributed by atoms with Gasteiger partial charge in [0.25, 0.3) is 0 Å². The van der Waals surface area contributed by atoms with E-state index in [0.717, 1.165) is 45.1 Å². The first-order chi connectivity index (χ1) is 11.3. The Kier molecular flexibility index (Phi) is 3.95. The molecule has 2 saturated carbocycles. The third-order valence-electron chi connectivity index (χ3n) is 8.63. The van der Waals surface area contributed by atoms with Gasteiger partial charge in [-0.2, -0.15) is 0 Å². The maximum Gasteiger partial charge on any atom is 0.0738 e. The summed E-state index contributed by atoms with van der Waals surface area (Å²) < 4.78 is 5.77. The van der Waals surface area contributed by atoms with Gasteiger partial charge in [0.05, 0.1) is 24.4 Å². The predicted octanol–water partition coefficient (Wildman–Crippen LogP) is 3.69. The number of ether oxygens (including phenoxy) is 1. The van der Waals surface area contributed by atoms with E-state index in [1.807, 2.05) is 0 Å². The molecule has 0 radical (unpaired) electrons. The Morgan fingerprint density at radius 2 is 1.92 bits per heavy atom. The molecule has 1 saturated heterocycles. The van der Waals surface area contributed by atoms with E-state index in [9.17, 15) is 10.2 Å². The van der Waals surface area contributed by atoms with Crippen LogP contribution >= 0.6 is 0 Å². The van der Waals surface area contributed by atoms with E-state index < -0.39 is 5.60 Å². The van der Waals surface area contributed by atoms with Gasteiger partial charge in [0, 0.05) is 18.3 Å². The second-order valence-corrected chi connectivity index (χ2v) is 9.48. The first-order valence-electron chi connectivity index (χ1n) is 9.99. The number of aliphatic hydroxyl groups is 2. The van der Waals surface area contributed by atoms with E-state index in [-0.39, 0.29) is 29.5 Å². The predicted molar refractivity (Wildman–Crippen MR) is 94.5 cm³/mol. The summed E-state index contributed by atoms with van der Waals surface area (Å²) in [7, 11) is 0. The lowest BCUT2D eigenvalue weighted by atomic mass is 9.48. The topological polar surface area (TPSA) is 49.7 Å². The number of rotatable bonds is 0. The number of fused-ring (bicyclic) bond motifs is 5. The Bertz CT molecular complexity index is 555. The highest BCUT2D eigenvalue weighted by Crippen LogP contribution is 2.60. The Morgan fingerprint density at radius 3 is 2.58 bits per heavy atom. The van der Waals surface area contributed by atoms with Crippen molar-refractivity contribution in [2.45, 2.75) is 84.0 Å². The van der Waals surface area contributed by atoms with Crippen LogP contribution in [0, 0.1) is 29.1 Å². The molecule has 8 atom stereocenters. The van der Waals surface area contributed by atoms with Gasteiger partial charge in [-0.15, -0.1) is 0 Å². The van der Waals surface area contributed by atoms with Gasteiger partial charge in [-0.25, -0.2) is 0 Å². The number of hydrogen-bond donors (Lipinski definition) is 2. The highest BCUT2D eigenvalue weighted by molar-refractivity contribution is 5.24. The molecule has 8 unspecified atom stereocenters. The van der Waals surface area contributed by atoms with Crippen molar-refractivity contribution in [2.24, 2.45) is 29.1 Å². The molecule has 3 fully saturated rings. The van der Waals surface area contributed by atoms with Gasteiger partial charge in [-0.3, -0.25) is 0 Å². The normalized spacial score (nSPS) is 54.8. The highest BCUT2D eigenvalue weighted by Gasteiger charge is 2.61. The molecule has 24 heavy (non-hydrogen) atoms. The summed E-state index contributed by atoms with van der Waals surface area (Å²) in [4.78, 5) is 0. The minimum atomic E-state index is -0.642. The van der Waals surface area contributed by atoms with E-state index in [1.54, 1.807) is 0 Å². The lowest BCUT2D eigenvalue weighted by Gasteiger charge is -2.62. The summed E-state index contributed by atoms with van der Waals surface area (Å²) in [6.07, 6.45) is 5.83. The molecule has 3 nitrogen and oxygen atoms in total. The van der Waals surface area contributed by atoms with Gasteiger partial charge in [0.2, 0.25) is 0 Å². The quantitative estimate of drug-likeness (QED) is 0.664. The zero-order chi connectivity index (χ0) is 17.3. The van der Waals surface area contributed by atoms with Gasteiger partial charge in [0.15, 0.2) is 0 Å². The Balaban J connectivity index is 1.81. The van der Waals surface area contributed by atoms with Crippen molar-refractivity contribution in [2.75, 3.05) is 6.61 Å². The van der Waals surface area contributed by atoms with Gasteiger partial charge in [-0.1, -0.05) is 31.9 Å². The maximum absolute atomic E-state index is 11.9. The Labute approximate surface area is 146 Å². The molecule has 1 aliphatic heterocycles. The van der Waals surface area contributed by atoms with Crippen LogP contribution in [0.3, 0.4) is 0 Å². The van der Waals surface area contributed by atoms with E-state index in [2.05, 4.69) is 27.7 Å². The fourth-order valence-corrected chi connectivity index (χ4v) is 6.85. The SMILES string of the molecule is CC1=C2CCC3(C)C(O)CC4OCC4C3C(C)C(O)(CCC1)C2C. The number of aliphatic hydroxyl groups excluding tert-OH is 1. The second-order valence-electron chi connectivity index (χ2n) is 9.48. The average molecular weight is 335 g/mol. The Morgan fingerprint density at radius 1 is 1.17 bits per heavy atom. The van der Waals surface area contributed by atoms with Gasteiger partial charge in [0.1, 0.15) is 0 Å². The summed E-state index contributed by atoms with van der Waals surface area (Å²) in [6.45, 7) is 9.87. The van der Waals surface area contributed by atoms with E-state index >= 15 is 0 Å². The zero-order valence-corrected chi connectivity index (χ0v) is 15.7. The van der Waals surface area contributed by atoms with Crippen LogP contribution < -0.4 is 0 Å². The van der Waals surface area contributed by atoms with Crippen LogP contribution in [0.15, 0.2) is 11.1 Å². The molecule has 0 spiro atoms. The molecule has 3 heteroatoms. The minimum Gasteiger partial charge on any atom is -0.392 e. The summed E-state index contributed by atoms with van der Waals surface area (Å²) in [5.41, 5.74) is 2.22. The van der Waals surface area contributed by atoms with Gasteiger partial charge < -0.3 is 14.9 Å². The monoisotopic (exact) mass is 334 g/mol. The molecular formula is C21H34O3. The molecule has 2 bridgehead atoms. The van der Waals surface area contributed by atoms with Crippen molar-refractivity contribution < 1.29 is 14.9 Å². The van der Waals surface area contributed by atoms with Crippen molar-refractivity contribution in [3.05, 3.63) is 11.1 Å². The van der Waals surface area contributed by atoms with E-state index in [4.69, 9.17) is 4.74 Å². The van der Waals surface area contributed by atoms with Crippen molar-refractivity contribution in [3.63, 3.8) is 0 Å². The molecule has 2 N–H and O–H groups in total. The lowest BCUT2D eigenvalue weighted by molar-refractivity contribution is -0.255. The smallest absolute Gasteiger partial charge is 0.0738 e. The standard InChI is InChI=1S/C21H34O3/c1-12-6-5-8-21(23)13(2)15(12)7-9-20(4)18(22)10-17-16(11-24-17)19(20)14(21)3/h13-14,16-19,22-23H,5-11H2,1-4H3. The molecule has 0 amide bonds. The number of hydrogen-bond acceptors (Lipinski definition) is 3. The van der Waals surface area contributed by atoms with Crippen LogP contribution in [0.2, 0.25) is 0 Å². The third kappa shape index (κ3) is 2.13. The summed E-state index contributed by atoms with van der Waals surface area (Å²) >= 11 is 0. The molecule has 0 aromatic carbocycles. The van der Waals surface area contributed by atoms with Gasteiger partial charge in [-0.05, 0) is 56.3 Å². The number of allylic oxidation sites excluding steroid dienone is 1. The molecule has 0 aromatic heterocycles. The van der Waals surface area contributed by atoms with Crippen molar-refractivity contribution >= 4 is 0 Å². The van der Waals surface area contributed by atoms with Crippen molar-refractivity contribution in [1.82, 2.24) is 0 Å². The maximum atomic E-state index is 11.9. The van der Waals surface area contributed by atoms with Crippen LogP contribution in [0.25, 0.3) is 0 Å². The summed E-state index contributed by atoms with van der Waals surface area (Å²) in [5.74, 6) is 1.30. The van der Waals surface area contributed by atoms with E-state index in [1.165, 1.54) is 11.1 Å². The molecule has 4 aliphatic rings. The Hall–Kier alpha value is -0.380. The van der Waals surface area contributed by atoms with Crippen LogP contribution in [-0.2, 0) is 4.74 Å². The lowest BCUT2D eigenvalue weighted by Crippen LogP contribution is -2.65. The first-order valence-corrected chi connectivity index (χ1v) is 9.99. The molecule has 4 rings (SSSR count). The molecule has 1 heterocycles. The third-order valence-corrected chi connectivity index (χ3v) is 8.63.